The zero-order valence-corrected chi connectivity index (χ0v) is 11.0. The van der Waals surface area contributed by atoms with E-state index < -0.39 is 0 Å². The Hall–Kier alpha value is -0.760. The summed E-state index contributed by atoms with van der Waals surface area (Å²) in [5.41, 5.74) is 2.25. The summed E-state index contributed by atoms with van der Waals surface area (Å²) in [5.74, 6) is -0.0989. The van der Waals surface area contributed by atoms with Crippen LogP contribution in [-0.4, -0.2) is 0 Å². The van der Waals surface area contributed by atoms with Gasteiger partial charge in [0.1, 0.15) is 5.82 Å². The van der Waals surface area contributed by atoms with Crippen molar-refractivity contribution >= 4 is 34.8 Å². The van der Waals surface area contributed by atoms with Crippen LogP contribution in [0, 0.1) is 5.82 Å². The van der Waals surface area contributed by atoms with Crippen molar-refractivity contribution < 1.29 is 4.39 Å². The molecule has 0 N–H and O–H groups in total. The number of hydrogen-bond donors (Lipinski definition) is 0. The fraction of sp³-hybridized carbons (Fsp3) is 0.0769. The Morgan fingerprint density at radius 3 is 2.41 bits per heavy atom. The van der Waals surface area contributed by atoms with E-state index in [2.05, 4.69) is 0 Å². The first-order valence-electron chi connectivity index (χ1n) is 4.91. The van der Waals surface area contributed by atoms with Crippen LogP contribution >= 0.6 is 34.8 Å². The van der Waals surface area contributed by atoms with E-state index in [-0.39, 0.29) is 11.7 Å². The van der Waals surface area contributed by atoms with Gasteiger partial charge in [0.15, 0.2) is 0 Å². The average Bonchev–Trinajstić information content (AvgIpc) is 2.32. The molecule has 2 rings (SSSR count). The van der Waals surface area contributed by atoms with E-state index in [1.165, 1.54) is 12.1 Å². The highest BCUT2D eigenvalue weighted by atomic mass is 35.5. The average molecular weight is 290 g/mol. The van der Waals surface area contributed by atoms with Gasteiger partial charge in [-0.05, 0) is 41.5 Å². The minimum absolute atomic E-state index is 0.218. The van der Waals surface area contributed by atoms with Crippen LogP contribution in [0.25, 0.3) is 11.1 Å². The third-order valence-corrected chi connectivity index (χ3v) is 3.28. The second-order valence-electron chi connectivity index (χ2n) is 3.56. The Kier molecular flexibility index (Phi) is 3.93. The third-order valence-electron chi connectivity index (χ3n) is 2.43. The monoisotopic (exact) mass is 288 g/mol. The first-order chi connectivity index (χ1) is 8.11. The number of hydrogen-bond acceptors (Lipinski definition) is 0. The molecule has 0 atom stereocenters. The van der Waals surface area contributed by atoms with Gasteiger partial charge in [-0.1, -0.05) is 29.3 Å². The molecule has 4 heteroatoms. The normalized spacial score (nSPS) is 10.6. The van der Waals surface area contributed by atoms with Gasteiger partial charge in [-0.2, -0.15) is 0 Å². The molecule has 0 aliphatic heterocycles. The maximum atomic E-state index is 13.1. The summed E-state index contributed by atoms with van der Waals surface area (Å²) in [5, 5.41) is 1.14. The summed E-state index contributed by atoms with van der Waals surface area (Å²) in [6.07, 6.45) is 0. The highest BCUT2D eigenvalue weighted by Crippen LogP contribution is 2.33. The summed E-state index contributed by atoms with van der Waals surface area (Å²) in [6, 6.07) is 9.60. The second kappa shape index (κ2) is 5.26. The SMILES string of the molecule is Fc1ccc(-c2cc(Cl)ccc2Cl)c(CCl)c1. The Balaban J connectivity index is 2.63. The summed E-state index contributed by atoms with van der Waals surface area (Å²) in [6.45, 7) is 0. The molecule has 0 amide bonds. The van der Waals surface area contributed by atoms with E-state index in [1.807, 2.05) is 0 Å². The molecule has 88 valence electrons. The topological polar surface area (TPSA) is 0 Å². The van der Waals surface area contributed by atoms with Crippen LogP contribution in [0.15, 0.2) is 36.4 Å². The van der Waals surface area contributed by atoms with Crippen LogP contribution in [0.3, 0.4) is 0 Å². The molecule has 0 nitrogen and oxygen atoms in total. The van der Waals surface area contributed by atoms with Crippen LogP contribution in [0.1, 0.15) is 5.56 Å². The Morgan fingerprint density at radius 2 is 1.71 bits per heavy atom. The van der Waals surface area contributed by atoms with Gasteiger partial charge in [-0.25, -0.2) is 4.39 Å². The molecule has 0 radical (unpaired) electrons. The van der Waals surface area contributed by atoms with Gasteiger partial charge in [0.05, 0.1) is 0 Å². The molecule has 0 spiro atoms. The van der Waals surface area contributed by atoms with E-state index in [0.29, 0.717) is 15.6 Å². The summed E-state index contributed by atoms with van der Waals surface area (Å²) < 4.78 is 13.1. The van der Waals surface area contributed by atoms with Crippen LogP contribution in [0.2, 0.25) is 10.0 Å². The maximum absolute atomic E-state index is 13.1. The lowest BCUT2D eigenvalue weighted by atomic mass is 10.0. The van der Waals surface area contributed by atoms with E-state index in [0.717, 1.165) is 11.1 Å². The zero-order chi connectivity index (χ0) is 12.4. The maximum Gasteiger partial charge on any atom is 0.123 e. The molecule has 0 unspecified atom stereocenters. The van der Waals surface area contributed by atoms with Gasteiger partial charge in [-0.15, -0.1) is 11.6 Å². The number of alkyl halides is 1. The van der Waals surface area contributed by atoms with E-state index in [9.17, 15) is 4.39 Å². The lowest BCUT2D eigenvalue weighted by molar-refractivity contribution is 0.626. The summed E-state index contributed by atoms with van der Waals surface area (Å²) in [4.78, 5) is 0. The van der Waals surface area contributed by atoms with Crippen molar-refractivity contribution in [2.45, 2.75) is 5.88 Å². The van der Waals surface area contributed by atoms with Crippen LogP contribution < -0.4 is 0 Å². The van der Waals surface area contributed by atoms with Gasteiger partial charge in [0.2, 0.25) is 0 Å². The molecule has 0 bridgehead atoms. The van der Waals surface area contributed by atoms with E-state index in [1.54, 1.807) is 24.3 Å². The second-order valence-corrected chi connectivity index (χ2v) is 4.67. The van der Waals surface area contributed by atoms with Crippen molar-refractivity contribution in [1.29, 1.82) is 0 Å². The molecule has 2 aromatic rings. The van der Waals surface area contributed by atoms with Crippen molar-refractivity contribution in [3.8, 4) is 11.1 Å². The van der Waals surface area contributed by atoms with E-state index in [4.69, 9.17) is 34.8 Å². The van der Waals surface area contributed by atoms with Crippen LogP contribution in [-0.2, 0) is 5.88 Å². The molecule has 2 aromatic carbocycles. The predicted molar refractivity (Wildman–Crippen MR) is 71.4 cm³/mol. The van der Waals surface area contributed by atoms with Crippen molar-refractivity contribution in [2.75, 3.05) is 0 Å². The standard InChI is InChI=1S/C13H8Cl3F/c14-7-8-5-10(17)2-3-11(8)12-6-9(15)1-4-13(12)16/h1-6H,7H2. The molecule has 0 heterocycles. The summed E-state index contributed by atoms with van der Waals surface area (Å²) >= 11 is 17.8. The third kappa shape index (κ3) is 2.74. The van der Waals surface area contributed by atoms with Gasteiger partial charge in [0, 0.05) is 21.5 Å². The Bertz CT molecular complexity index is 552. The first kappa shape index (κ1) is 12.7. The van der Waals surface area contributed by atoms with Gasteiger partial charge in [-0.3, -0.25) is 0 Å². The minimum Gasteiger partial charge on any atom is -0.207 e. The lowest BCUT2D eigenvalue weighted by Crippen LogP contribution is -1.89. The number of rotatable bonds is 2. The van der Waals surface area contributed by atoms with Gasteiger partial charge in [0.25, 0.3) is 0 Å². The lowest BCUT2D eigenvalue weighted by Gasteiger charge is -2.09. The van der Waals surface area contributed by atoms with Crippen LogP contribution in [0.4, 0.5) is 4.39 Å². The smallest absolute Gasteiger partial charge is 0.123 e. The van der Waals surface area contributed by atoms with E-state index >= 15 is 0 Å². The fourth-order valence-corrected chi connectivity index (χ4v) is 2.25. The Morgan fingerprint density at radius 1 is 0.941 bits per heavy atom. The first-order valence-corrected chi connectivity index (χ1v) is 6.20. The predicted octanol–water partition coefficient (Wildman–Crippen LogP) is 5.54. The van der Waals surface area contributed by atoms with Crippen molar-refractivity contribution in [1.82, 2.24) is 0 Å². The van der Waals surface area contributed by atoms with Crippen molar-refractivity contribution in [2.24, 2.45) is 0 Å². The quantitative estimate of drug-likeness (QED) is 0.637. The molecule has 0 saturated carbocycles. The van der Waals surface area contributed by atoms with Gasteiger partial charge < -0.3 is 0 Å². The number of halogens is 4. The van der Waals surface area contributed by atoms with Crippen molar-refractivity contribution in [3.63, 3.8) is 0 Å². The molecule has 17 heavy (non-hydrogen) atoms. The van der Waals surface area contributed by atoms with Crippen LogP contribution in [0.5, 0.6) is 0 Å². The molecule has 0 aliphatic carbocycles. The zero-order valence-electron chi connectivity index (χ0n) is 8.68. The fourth-order valence-electron chi connectivity index (χ4n) is 1.64. The molecule has 0 saturated heterocycles. The van der Waals surface area contributed by atoms with Gasteiger partial charge >= 0.3 is 0 Å². The highest BCUT2D eigenvalue weighted by molar-refractivity contribution is 6.35. The molecule has 0 aromatic heterocycles. The minimum atomic E-state index is -0.317. The highest BCUT2D eigenvalue weighted by Gasteiger charge is 2.09. The number of benzene rings is 2. The molecule has 0 fully saturated rings. The molecule has 0 aliphatic rings. The molecular weight excluding hydrogens is 281 g/mol. The van der Waals surface area contributed by atoms with Crippen molar-refractivity contribution in [3.05, 3.63) is 57.8 Å². The Labute approximate surface area is 114 Å². The molecular formula is C13H8Cl3F. The largest absolute Gasteiger partial charge is 0.207 e. The summed E-state index contributed by atoms with van der Waals surface area (Å²) in [7, 11) is 0.